The molecule has 23 heavy (non-hydrogen) atoms. The van der Waals surface area contributed by atoms with Gasteiger partial charge in [-0.25, -0.2) is 15.0 Å². The largest absolute Gasteiger partial charge is 0.382 e. The van der Waals surface area contributed by atoms with Gasteiger partial charge in [0.25, 0.3) is 0 Å². The van der Waals surface area contributed by atoms with Crippen molar-refractivity contribution in [3.05, 3.63) is 12.2 Å². The second-order valence-electron chi connectivity index (χ2n) is 5.76. The fraction of sp³-hybridized carbons (Fsp3) is 0.667. The molecule has 0 aliphatic carbocycles. The van der Waals surface area contributed by atoms with E-state index in [-0.39, 0.29) is 25.1 Å². The minimum Gasteiger partial charge on any atom is -0.382 e. The smallest absolute Gasteiger partial charge is 0.183 e. The number of fused-ring (bicyclic) bond motifs is 1. The number of H-pyrrole nitrogens is 1. The first kappa shape index (κ1) is 17.6. The summed E-state index contributed by atoms with van der Waals surface area (Å²) in [6, 6.07) is 0. The zero-order valence-corrected chi connectivity index (χ0v) is 14.1. The molecule has 2 aromatic rings. The molecular weight excluding hydrogens is 298 g/mol. The monoisotopic (exact) mass is 323 g/mol. The number of nitrogens with one attached hydrogen (secondary N) is 1. The summed E-state index contributed by atoms with van der Waals surface area (Å²) < 4.78 is 17.1. The lowest BCUT2D eigenvalue weighted by Gasteiger charge is -2.21. The van der Waals surface area contributed by atoms with Gasteiger partial charge in [-0.15, -0.1) is 0 Å². The van der Waals surface area contributed by atoms with Crippen LogP contribution >= 0.6 is 0 Å². The van der Waals surface area contributed by atoms with Crippen molar-refractivity contribution in [2.45, 2.75) is 59.2 Å². The number of nitrogens with zero attached hydrogens (tertiary/aromatic N) is 3. The number of rotatable bonds is 9. The number of aromatic amines is 1. The Balaban J connectivity index is 1.95. The van der Waals surface area contributed by atoms with E-state index in [9.17, 15) is 0 Å². The Bertz CT molecular complexity index is 614. The lowest BCUT2D eigenvalue weighted by molar-refractivity contribution is -0.180. The van der Waals surface area contributed by atoms with Crippen molar-refractivity contribution in [1.82, 2.24) is 19.9 Å². The predicted octanol–water partition coefficient (Wildman–Crippen LogP) is 2.02. The van der Waals surface area contributed by atoms with E-state index in [1.54, 1.807) is 0 Å². The average Bonchev–Trinajstić information content (AvgIpc) is 2.92. The van der Waals surface area contributed by atoms with Gasteiger partial charge in [-0.1, -0.05) is 0 Å². The van der Waals surface area contributed by atoms with E-state index in [0.29, 0.717) is 35.8 Å². The topological polar surface area (TPSA) is 108 Å². The molecule has 2 heterocycles. The van der Waals surface area contributed by atoms with Crippen molar-refractivity contribution < 1.29 is 14.2 Å². The first-order valence-electron chi connectivity index (χ1n) is 7.79. The second-order valence-corrected chi connectivity index (χ2v) is 5.76. The Morgan fingerprint density at radius 1 is 1.13 bits per heavy atom. The summed E-state index contributed by atoms with van der Waals surface area (Å²) in [5, 5.41) is 0. The first-order chi connectivity index (χ1) is 11.0. The van der Waals surface area contributed by atoms with Gasteiger partial charge in [-0.3, -0.25) is 0 Å². The van der Waals surface area contributed by atoms with E-state index in [1.165, 1.54) is 6.33 Å². The molecule has 0 spiro atoms. The van der Waals surface area contributed by atoms with E-state index in [2.05, 4.69) is 19.9 Å². The summed E-state index contributed by atoms with van der Waals surface area (Å²) >= 11 is 0. The highest BCUT2D eigenvalue weighted by Crippen LogP contribution is 2.14. The van der Waals surface area contributed by atoms with Gasteiger partial charge in [-0.2, -0.15) is 0 Å². The summed E-state index contributed by atoms with van der Waals surface area (Å²) in [4.78, 5) is 15.5. The quantitative estimate of drug-likeness (QED) is 0.679. The number of nitrogens with two attached hydrogens (primary N) is 1. The number of hydrogen-bond donors (Lipinski definition) is 2. The highest BCUT2D eigenvalue weighted by Gasteiger charge is 2.14. The maximum Gasteiger partial charge on any atom is 0.183 e. The van der Waals surface area contributed by atoms with Crippen molar-refractivity contribution >= 4 is 17.0 Å². The van der Waals surface area contributed by atoms with Crippen molar-refractivity contribution in [3.63, 3.8) is 0 Å². The zero-order valence-electron chi connectivity index (χ0n) is 14.1. The number of anilines is 1. The fourth-order valence-electron chi connectivity index (χ4n) is 2.03. The van der Waals surface area contributed by atoms with Crippen LogP contribution in [0, 0.1) is 0 Å². The highest BCUT2D eigenvalue weighted by molar-refractivity contribution is 5.80. The van der Waals surface area contributed by atoms with Crippen LogP contribution in [0.15, 0.2) is 6.33 Å². The molecule has 1 atom stereocenters. The second kappa shape index (κ2) is 8.19. The van der Waals surface area contributed by atoms with Crippen molar-refractivity contribution in [2.75, 3.05) is 12.3 Å². The van der Waals surface area contributed by atoms with E-state index < -0.39 is 0 Å². The van der Waals surface area contributed by atoms with Crippen LogP contribution in [-0.2, 0) is 20.8 Å². The van der Waals surface area contributed by atoms with Crippen LogP contribution < -0.4 is 5.73 Å². The van der Waals surface area contributed by atoms with Crippen LogP contribution in [0.1, 0.15) is 39.9 Å². The SMILES string of the molecule is CC(C)OCCC(OCc1nc(N)c2[nH]cnc2n1)OC(C)C. The van der Waals surface area contributed by atoms with Crippen LogP contribution in [0.4, 0.5) is 5.82 Å². The summed E-state index contributed by atoms with van der Waals surface area (Å²) in [7, 11) is 0. The molecule has 2 aromatic heterocycles. The lowest BCUT2D eigenvalue weighted by atomic mass is 10.4. The third kappa shape index (κ3) is 5.42. The molecule has 1 unspecified atom stereocenters. The summed E-state index contributed by atoms with van der Waals surface area (Å²) in [5.41, 5.74) is 7.03. The minimum absolute atomic E-state index is 0.0545. The maximum atomic E-state index is 5.87. The minimum atomic E-state index is -0.381. The van der Waals surface area contributed by atoms with Crippen molar-refractivity contribution in [1.29, 1.82) is 0 Å². The zero-order chi connectivity index (χ0) is 16.8. The molecule has 3 N–H and O–H groups in total. The van der Waals surface area contributed by atoms with Crippen LogP contribution in [-0.4, -0.2) is 45.0 Å². The molecule has 0 radical (unpaired) electrons. The Labute approximate surface area is 135 Å². The van der Waals surface area contributed by atoms with Gasteiger partial charge in [0.1, 0.15) is 12.1 Å². The molecule has 128 valence electrons. The molecule has 8 nitrogen and oxygen atoms in total. The number of imidazole rings is 1. The van der Waals surface area contributed by atoms with Crippen LogP contribution in [0.5, 0.6) is 0 Å². The van der Waals surface area contributed by atoms with Gasteiger partial charge < -0.3 is 24.9 Å². The fourth-order valence-corrected chi connectivity index (χ4v) is 2.03. The molecular formula is C15H25N5O3. The van der Waals surface area contributed by atoms with Crippen molar-refractivity contribution in [2.24, 2.45) is 0 Å². The predicted molar refractivity (Wildman–Crippen MR) is 86.6 cm³/mol. The molecule has 0 saturated heterocycles. The van der Waals surface area contributed by atoms with Gasteiger partial charge in [0.15, 0.2) is 23.6 Å². The normalized spacial score (nSPS) is 13.3. The molecule has 2 rings (SSSR count). The van der Waals surface area contributed by atoms with Crippen LogP contribution in [0.3, 0.4) is 0 Å². The van der Waals surface area contributed by atoms with E-state index in [4.69, 9.17) is 19.9 Å². The summed E-state index contributed by atoms with van der Waals surface area (Å²) in [6.45, 7) is 8.68. The molecule has 0 bridgehead atoms. The first-order valence-corrected chi connectivity index (χ1v) is 7.79. The lowest BCUT2D eigenvalue weighted by Crippen LogP contribution is -2.24. The van der Waals surface area contributed by atoms with Crippen LogP contribution in [0.2, 0.25) is 0 Å². The summed E-state index contributed by atoms with van der Waals surface area (Å²) in [6.07, 6.45) is 2.03. The van der Waals surface area contributed by atoms with Gasteiger partial charge in [0, 0.05) is 6.42 Å². The standard InChI is InChI=1S/C15H25N5O3/c1-9(2)21-6-5-12(23-10(3)4)22-7-11-19-14(16)13-15(20-11)18-8-17-13/h8-10,12H,5-7H2,1-4H3,(H3,16,17,18,19,20). The maximum absolute atomic E-state index is 5.87. The molecule has 8 heteroatoms. The Morgan fingerprint density at radius 2 is 1.91 bits per heavy atom. The van der Waals surface area contributed by atoms with E-state index in [1.807, 2.05) is 27.7 Å². The Morgan fingerprint density at radius 3 is 2.61 bits per heavy atom. The third-order valence-corrected chi connectivity index (χ3v) is 2.99. The molecule has 0 amide bonds. The highest BCUT2D eigenvalue weighted by atomic mass is 16.7. The van der Waals surface area contributed by atoms with Gasteiger partial charge >= 0.3 is 0 Å². The number of nitrogen functional groups attached to an aromatic ring is 1. The average molecular weight is 323 g/mol. The molecule has 0 fully saturated rings. The van der Waals surface area contributed by atoms with E-state index in [0.717, 1.165) is 0 Å². The molecule has 0 aliphatic rings. The molecule has 0 saturated carbocycles. The molecule has 0 aromatic carbocycles. The number of ether oxygens (including phenoxy) is 3. The van der Waals surface area contributed by atoms with Gasteiger partial charge in [-0.05, 0) is 27.7 Å². The number of hydrogen-bond acceptors (Lipinski definition) is 7. The Kier molecular flexibility index (Phi) is 6.26. The third-order valence-electron chi connectivity index (χ3n) is 2.99. The van der Waals surface area contributed by atoms with Crippen molar-refractivity contribution in [3.8, 4) is 0 Å². The Hall–Kier alpha value is -1.77. The van der Waals surface area contributed by atoms with Gasteiger partial charge in [0.2, 0.25) is 0 Å². The van der Waals surface area contributed by atoms with Gasteiger partial charge in [0.05, 0.1) is 25.1 Å². The molecule has 0 aliphatic heterocycles. The number of aromatic nitrogens is 4. The van der Waals surface area contributed by atoms with E-state index >= 15 is 0 Å². The van der Waals surface area contributed by atoms with Crippen LogP contribution in [0.25, 0.3) is 11.2 Å². The summed E-state index contributed by atoms with van der Waals surface area (Å²) in [5.74, 6) is 0.833.